The number of halogens is 1. The summed E-state index contributed by atoms with van der Waals surface area (Å²) in [5.41, 5.74) is 3.15. The first-order valence-corrected chi connectivity index (χ1v) is 9.13. The van der Waals surface area contributed by atoms with Gasteiger partial charge in [-0.2, -0.15) is 11.8 Å². The van der Waals surface area contributed by atoms with Crippen molar-refractivity contribution in [3.8, 4) is 0 Å². The minimum atomic E-state index is 0.274. The Morgan fingerprint density at radius 2 is 2.10 bits per heavy atom. The molecule has 1 aromatic carbocycles. The van der Waals surface area contributed by atoms with E-state index < -0.39 is 0 Å². The largest absolute Gasteiger partial charge is 0.308 e. The van der Waals surface area contributed by atoms with Crippen molar-refractivity contribution in [2.45, 2.75) is 50.3 Å². The van der Waals surface area contributed by atoms with Crippen LogP contribution in [0, 0.1) is 5.41 Å². The van der Waals surface area contributed by atoms with Crippen LogP contribution in [0.1, 0.15) is 50.3 Å². The summed E-state index contributed by atoms with van der Waals surface area (Å²) in [4.78, 5) is 0. The van der Waals surface area contributed by atoms with E-state index in [0.29, 0.717) is 10.8 Å². The van der Waals surface area contributed by atoms with Crippen molar-refractivity contribution in [2.75, 3.05) is 12.8 Å². The Balaban J connectivity index is 1.79. The summed E-state index contributed by atoms with van der Waals surface area (Å²) in [5.74, 6) is 0. The van der Waals surface area contributed by atoms with Gasteiger partial charge in [0, 0.05) is 22.4 Å². The van der Waals surface area contributed by atoms with Crippen LogP contribution in [0.5, 0.6) is 0 Å². The van der Waals surface area contributed by atoms with Crippen molar-refractivity contribution in [1.82, 2.24) is 5.32 Å². The van der Waals surface area contributed by atoms with Crippen LogP contribution in [0.25, 0.3) is 0 Å². The minimum absolute atomic E-state index is 0.274. The predicted octanol–water partition coefficient (Wildman–Crippen LogP) is 4.84. The average Bonchev–Trinajstić information content (AvgIpc) is 2.59. The van der Waals surface area contributed by atoms with E-state index in [9.17, 15) is 0 Å². The SMILES string of the molecule is CSC1(CNC2c3cc(Cl)ccc3CC2(C)C)CCC1. The molecule has 1 N–H and O–H groups in total. The average molecular weight is 310 g/mol. The fraction of sp³-hybridized carbons (Fsp3) is 0.647. The standard InChI is InChI=1S/C17H24ClNS/c1-16(2)10-12-5-6-13(18)9-14(12)15(16)19-11-17(20-3)7-4-8-17/h5-6,9,15,19H,4,7-8,10-11H2,1-3H3. The van der Waals surface area contributed by atoms with Crippen molar-refractivity contribution in [3.05, 3.63) is 34.3 Å². The lowest BCUT2D eigenvalue weighted by atomic mass is 9.82. The molecule has 2 aliphatic rings. The van der Waals surface area contributed by atoms with Crippen LogP contribution in [0.4, 0.5) is 0 Å². The second kappa shape index (κ2) is 5.23. The van der Waals surface area contributed by atoms with E-state index in [4.69, 9.17) is 11.6 Å². The van der Waals surface area contributed by atoms with Gasteiger partial charge in [-0.15, -0.1) is 0 Å². The highest BCUT2D eigenvalue weighted by Gasteiger charge is 2.42. The second-order valence-electron chi connectivity index (χ2n) is 7.06. The number of hydrogen-bond acceptors (Lipinski definition) is 2. The van der Waals surface area contributed by atoms with Crippen LogP contribution >= 0.6 is 23.4 Å². The maximum Gasteiger partial charge on any atom is 0.0409 e. The molecular weight excluding hydrogens is 286 g/mol. The molecule has 1 unspecified atom stereocenters. The summed E-state index contributed by atoms with van der Waals surface area (Å²) in [6.07, 6.45) is 7.50. The van der Waals surface area contributed by atoms with Crippen molar-refractivity contribution in [3.63, 3.8) is 0 Å². The number of hydrogen-bond donors (Lipinski definition) is 1. The minimum Gasteiger partial charge on any atom is -0.308 e. The van der Waals surface area contributed by atoms with Crippen LogP contribution in [-0.2, 0) is 6.42 Å². The van der Waals surface area contributed by atoms with Gasteiger partial charge in [-0.3, -0.25) is 0 Å². The number of rotatable bonds is 4. The highest BCUT2D eigenvalue weighted by Crippen LogP contribution is 2.48. The molecule has 0 aliphatic heterocycles. The molecule has 0 amide bonds. The van der Waals surface area contributed by atoms with E-state index in [1.54, 1.807) is 0 Å². The van der Waals surface area contributed by atoms with Gasteiger partial charge in [0.05, 0.1) is 0 Å². The number of benzene rings is 1. The normalized spacial score (nSPS) is 26.1. The number of fused-ring (bicyclic) bond motifs is 1. The maximum atomic E-state index is 6.21. The van der Waals surface area contributed by atoms with Crippen LogP contribution in [0.15, 0.2) is 18.2 Å². The van der Waals surface area contributed by atoms with E-state index >= 15 is 0 Å². The van der Waals surface area contributed by atoms with Crippen molar-refractivity contribution in [2.24, 2.45) is 5.41 Å². The molecule has 1 saturated carbocycles. The maximum absolute atomic E-state index is 6.21. The summed E-state index contributed by atoms with van der Waals surface area (Å²) >= 11 is 8.24. The lowest BCUT2D eigenvalue weighted by Gasteiger charge is -2.42. The second-order valence-corrected chi connectivity index (χ2v) is 8.77. The third-order valence-corrected chi connectivity index (χ3v) is 6.83. The molecule has 20 heavy (non-hydrogen) atoms. The Hall–Kier alpha value is -0.180. The van der Waals surface area contributed by atoms with Gasteiger partial charge < -0.3 is 5.32 Å². The van der Waals surface area contributed by atoms with Gasteiger partial charge in [-0.25, -0.2) is 0 Å². The zero-order valence-corrected chi connectivity index (χ0v) is 14.2. The monoisotopic (exact) mass is 309 g/mol. The Morgan fingerprint density at radius 3 is 2.70 bits per heavy atom. The molecule has 2 aliphatic carbocycles. The van der Waals surface area contributed by atoms with E-state index in [1.165, 1.54) is 30.4 Å². The molecule has 0 radical (unpaired) electrons. The van der Waals surface area contributed by atoms with Gasteiger partial charge >= 0.3 is 0 Å². The van der Waals surface area contributed by atoms with Crippen molar-refractivity contribution in [1.29, 1.82) is 0 Å². The lowest BCUT2D eigenvalue weighted by molar-refractivity contribution is 0.243. The summed E-state index contributed by atoms with van der Waals surface area (Å²) < 4.78 is 0.484. The number of nitrogens with one attached hydrogen (secondary N) is 1. The highest BCUT2D eigenvalue weighted by molar-refractivity contribution is 8.00. The van der Waals surface area contributed by atoms with Crippen molar-refractivity contribution >= 4 is 23.4 Å². The molecular formula is C17H24ClNS. The van der Waals surface area contributed by atoms with Gasteiger partial charge in [0.2, 0.25) is 0 Å². The zero-order valence-electron chi connectivity index (χ0n) is 12.6. The fourth-order valence-electron chi connectivity index (χ4n) is 3.71. The van der Waals surface area contributed by atoms with E-state index in [-0.39, 0.29) is 5.41 Å². The van der Waals surface area contributed by atoms with Gasteiger partial charge in [-0.05, 0) is 54.2 Å². The molecule has 0 heterocycles. The van der Waals surface area contributed by atoms with E-state index in [1.807, 2.05) is 17.8 Å². The summed E-state index contributed by atoms with van der Waals surface area (Å²) in [7, 11) is 0. The summed E-state index contributed by atoms with van der Waals surface area (Å²) in [6, 6.07) is 6.82. The van der Waals surface area contributed by atoms with Gasteiger partial charge in [0.15, 0.2) is 0 Å². The Kier molecular flexibility index (Phi) is 3.85. The van der Waals surface area contributed by atoms with Crippen LogP contribution in [-0.4, -0.2) is 17.5 Å². The van der Waals surface area contributed by atoms with Crippen LogP contribution in [0.3, 0.4) is 0 Å². The van der Waals surface area contributed by atoms with Crippen LogP contribution < -0.4 is 5.32 Å². The van der Waals surface area contributed by atoms with Crippen LogP contribution in [0.2, 0.25) is 5.02 Å². The van der Waals surface area contributed by atoms with E-state index in [0.717, 1.165) is 18.0 Å². The third-order valence-electron chi connectivity index (χ3n) is 5.17. The molecule has 3 rings (SSSR count). The molecule has 1 fully saturated rings. The van der Waals surface area contributed by atoms with Crippen molar-refractivity contribution < 1.29 is 0 Å². The molecule has 1 nitrogen and oxygen atoms in total. The molecule has 0 spiro atoms. The molecule has 0 bridgehead atoms. The summed E-state index contributed by atoms with van der Waals surface area (Å²) in [5, 5.41) is 4.73. The Labute approximate surface area is 131 Å². The summed E-state index contributed by atoms with van der Waals surface area (Å²) in [6.45, 7) is 5.85. The molecule has 1 atom stereocenters. The predicted molar refractivity (Wildman–Crippen MR) is 89.8 cm³/mol. The quantitative estimate of drug-likeness (QED) is 0.854. The molecule has 3 heteroatoms. The third kappa shape index (κ3) is 2.51. The molecule has 0 aromatic heterocycles. The van der Waals surface area contributed by atoms with Gasteiger partial charge in [0.25, 0.3) is 0 Å². The van der Waals surface area contributed by atoms with E-state index in [2.05, 4.69) is 37.6 Å². The first kappa shape index (κ1) is 14.7. The first-order valence-electron chi connectivity index (χ1n) is 7.53. The Bertz CT molecular complexity index is 502. The number of thioether (sulfide) groups is 1. The lowest BCUT2D eigenvalue weighted by Crippen LogP contribution is -2.46. The molecule has 1 aromatic rings. The van der Waals surface area contributed by atoms with Gasteiger partial charge in [0.1, 0.15) is 0 Å². The van der Waals surface area contributed by atoms with Gasteiger partial charge in [-0.1, -0.05) is 37.9 Å². The zero-order chi connectivity index (χ0) is 14.4. The highest BCUT2D eigenvalue weighted by atomic mass is 35.5. The topological polar surface area (TPSA) is 12.0 Å². The fourth-order valence-corrected chi connectivity index (χ4v) is 4.81. The molecule has 110 valence electrons. The smallest absolute Gasteiger partial charge is 0.0409 e. The Morgan fingerprint density at radius 1 is 1.35 bits per heavy atom. The first-order chi connectivity index (χ1) is 9.46. The molecule has 0 saturated heterocycles.